The molecule has 6 nitrogen and oxygen atoms in total. The third-order valence-corrected chi connectivity index (χ3v) is 4.86. The molecule has 0 aromatic carbocycles. The number of nitrogens with one attached hydrogen (secondary N) is 2. The molecule has 7 heteroatoms. The molecule has 2 aromatic rings. The molecular formula is C15H21N5OS. The highest BCUT2D eigenvalue weighted by atomic mass is 32.1. The molecule has 2 atom stereocenters. The Balaban J connectivity index is 1.70. The molecule has 22 heavy (non-hydrogen) atoms. The zero-order chi connectivity index (χ0) is 15.5. The normalized spacial score (nSPS) is 21.8. The van der Waals surface area contributed by atoms with Crippen LogP contribution in [0.3, 0.4) is 0 Å². The first kappa shape index (κ1) is 15.2. The maximum atomic E-state index is 11.8. The van der Waals surface area contributed by atoms with E-state index in [1.807, 2.05) is 30.2 Å². The number of thiazole rings is 1. The Kier molecular flexibility index (Phi) is 4.54. The summed E-state index contributed by atoms with van der Waals surface area (Å²) in [5.41, 5.74) is 1.06. The maximum absolute atomic E-state index is 11.8. The summed E-state index contributed by atoms with van der Waals surface area (Å²) in [5, 5.41) is 12.1. The van der Waals surface area contributed by atoms with Crippen LogP contribution >= 0.6 is 11.3 Å². The quantitative estimate of drug-likeness (QED) is 0.881. The van der Waals surface area contributed by atoms with E-state index in [-0.39, 0.29) is 18.0 Å². The van der Waals surface area contributed by atoms with Crippen molar-refractivity contribution in [2.45, 2.75) is 51.9 Å². The summed E-state index contributed by atoms with van der Waals surface area (Å²) < 4.78 is 1.89. The summed E-state index contributed by atoms with van der Waals surface area (Å²) in [6, 6.07) is 0.199. The van der Waals surface area contributed by atoms with E-state index in [0.717, 1.165) is 30.1 Å². The lowest BCUT2D eigenvalue weighted by Gasteiger charge is -2.32. The molecule has 0 aliphatic carbocycles. The fourth-order valence-corrected chi connectivity index (χ4v) is 3.51. The van der Waals surface area contributed by atoms with Crippen LogP contribution in [0.1, 0.15) is 41.3 Å². The Morgan fingerprint density at radius 1 is 1.50 bits per heavy atom. The molecule has 1 aliphatic heterocycles. The van der Waals surface area contributed by atoms with Gasteiger partial charge >= 0.3 is 0 Å². The SMILES string of the molecule is CCn1cc([C@@H]2NC(=O)CC[C@H]2NCc2cnc(C)s2)cn1. The average Bonchev–Trinajstić information content (AvgIpc) is 3.14. The van der Waals surface area contributed by atoms with Crippen molar-refractivity contribution in [3.63, 3.8) is 0 Å². The van der Waals surface area contributed by atoms with E-state index in [1.54, 1.807) is 11.3 Å². The highest BCUT2D eigenvalue weighted by Gasteiger charge is 2.30. The Bertz CT molecular complexity index is 650. The molecule has 0 saturated carbocycles. The summed E-state index contributed by atoms with van der Waals surface area (Å²) in [6.07, 6.45) is 7.19. The minimum absolute atomic E-state index is 0.0180. The van der Waals surface area contributed by atoms with Gasteiger partial charge in [0.25, 0.3) is 0 Å². The molecule has 0 unspecified atom stereocenters. The van der Waals surface area contributed by atoms with Crippen molar-refractivity contribution in [3.8, 4) is 0 Å². The molecule has 0 spiro atoms. The molecule has 2 aromatic heterocycles. The average molecular weight is 319 g/mol. The summed E-state index contributed by atoms with van der Waals surface area (Å²) in [7, 11) is 0. The molecule has 1 fully saturated rings. The van der Waals surface area contributed by atoms with Crippen LogP contribution in [-0.2, 0) is 17.9 Å². The number of amides is 1. The van der Waals surface area contributed by atoms with Crippen molar-refractivity contribution in [2.24, 2.45) is 0 Å². The first-order valence-corrected chi connectivity index (χ1v) is 8.43. The van der Waals surface area contributed by atoms with E-state index in [9.17, 15) is 4.79 Å². The van der Waals surface area contributed by atoms with Gasteiger partial charge in [-0.1, -0.05) is 0 Å². The van der Waals surface area contributed by atoms with Gasteiger partial charge in [-0.2, -0.15) is 5.10 Å². The van der Waals surface area contributed by atoms with Crippen molar-refractivity contribution in [2.75, 3.05) is 0 Å². The maximum Gasteiger partial charge on any atom is 0.220 e. The van der Waals surface area contributed by atoms with Gasteiger partial charge in [-0.05, 0) is 20.3 Å². The number of rotatable bonds is 5. The summed E-state index contributed by atoms with van der Waals surface area (Å²) in [6.45, 7) is 5.68. The number of carbonyl (C=O) groups is 1. The molecule has 3 heterocycles. The van der Waals surface area contributed by atoms with E-state index >= 15 is 0 Å². The topological polar surface area (TPSA) is 71.8 Å². The van der Waals surface area contributed by atoms with E-state index in [4.69, 9.17) is 0 Å². The van der Waals surface area contributed by atoms with Gasteiger partial charge in [-0.3, -0.25) is 9.48 Å². The van der Waals surface area contributed by atoms with Crippen molar-refractivity contribution in [1.82, 2.24) is 25.4 Å². The third-order valence-electron chi connectivity index (χ3n) is 3.95. The largest absolute Gasteiger partial charge is 0.348 e. The Morgan fingerprint density at radius 2 is 2.36 bits per heavy atom. The zero-order valence-electron chi connectivity index (χ0n) is 12.9. The first-order valence-electron chi connectivity index (χ1n) is 7.62. The monoisotopic (exact) mass is 319 g/mol. The fraction of sp³-hybridized carbons (Fsp3) is 0.533. The van der Waals surface area contributed by atoms with Gasteiger partial charge < -0.3 is 10.6 Å². The second-order valence-electron chi connectivity index (χ2n) is 5.55. The predicted molar refractivity (Wildman–Crippen MR) is 85.5 cm³/mol. The van der Waals surface area contributed by atoms with Crippen LogP contribution in [0.5, 0.6) is 0 Å². The lowest BCUT2D eigenvalue weighted by atomic mass is 9.94. The Hall–Kier alpha value is -1.73. The fourth-order valence-electron chi connectivity index (χ4n) is 2.77. The minimum Gasteiger partial charge on any atom is -0.348 e. The van der Waals surface area contributed by atoms with E-state index in [1.165, 1.54) is 4.88 Å². The van der Waals surface area contributed by atoms with Crippen LogP contribution in [0.25, 0.3) is 0 Å². The first-order chi connectivity index (χ1) is 10.7. The molecule has 0 radical (unpaired) electrons. The molecule has 0 bridgehead atoms. The van der Waals surface area contributed by atoms with Crippen molar-refractivity contribution in [1.29, 1.82) is 0 Å². The number of aryl methyl sites for hydroxylation is 2. The predicted octanol–water partition coefficient (Wildman–Crippen LogP) is 1.78. The van der Waals surface area contributed by atoms with Crippen LogP contribution in [0, 0.1) is 6.92 Å². The Morgan fingerprint density at radius 3 is 3.05 bits per heavy atom. The summed E-state index contributed by atoms with van der Waals surface area (Å²) in [4.78, 5) is 17.3. The summed E-state index contributed by atoms with van der Waals surface area (Å²) >= 11 is 1.70. The van der Waals surface area contributed by atoms with Crippen molar-refractivity contribution >= 4 is 17.2 Å². The van der Waals surface area contributed by atoms with Crippen LogP contribution in [0.4, 0.5) is 0 Å². The molecule has 118 valence electrons. The standard InChI is InChI=1S/C15H21N5OS/c1-3-20-9-11(6-18-20)15-13(4-5-14(21)19-15)17-8-12-7-16-10(2)22-12/h6-7,9,13,15,17H,3-5,8H2,1-2H3,(H,19,21)/t13-,15+/m1/s1. The highest BCUT2D eigenvalue weighted by Crippen LogP contribution is 2.24. The number of hydrogen-bond donors (Lipinski definition) is 2. The lowest BCUT2D eigenvalue weighted by molar-refractivity contribution is -0.123. The van der Waals surface area contributed by atoms with E-state index in [0.29, 0.717) is 6.42 Å². The molecule has 1 amide bonds. The smallest absolute Gasteiger partial charge is 0.220 e. The second-order valence-corrected chi connectivity index (χ2v) is 6.87. The van der Waals surface area contributed by atoms with Gasteiger partial charge in [-0.15, -0.1) is 11.3 Å². The number of hydrogen-bond acceptors (Lipinski definition) is 5. The van der Waals surface area contributed by atoms with Crippen LogP contribution in [0.15, 0.2) is 18.6 Å². The third kappa shape index (κ3) is 3.36. The Labute approximate surface area is 133 Å². The van der Waals surface area contributed by atoms with Gasteiger partial charge in [0, 0.05) is 48.4 Å². The zero-order valence-corrected chi connectivity index (χ0v) is 13.7. The molecule has 2 N–H and O–H groups in total. The highest BCUT2D eigenvalue weighted by molar-refractivity contribution is 7.11. The molecule has 1 aliphatic rings. The van der Waals surface area contributed by atoms with Crippen LogP contribution < -0.4 is 10.6 Å². The number of aromatic nitrogens is 3. The minimum atomic E-state index is -0.0180. The second kappa shape index (κ2) is 6.58. The molecule has 3 rings (SSSR count). The van der Waals surface area contributed by atoms with Crippen LogP contribution in [0.2, 0.25) is 0 Å². The summed E-state index contributed by atoms with van der Waals surface area (Å²) in [5.74, 6) is 0.112. The van der Waals surface area contributed by atoms with Gasteiger partial charge in [0.1, 0.15) is 0 Å². The molecular weight excluding hydrogens is 298 g/mol. The van der Waals surface area contributed by atoms with Gasteiger partial charge in [0.05, 0.1) is 17.2 Å². The number of piperidine rings is 1. The van der Waals surface area contributed by atoms with E-state index < -0.39 is 0 Å². The van der Waals surface area contributed by atoms with Gasteiger partial charge in [-0.25, -0.2) is 4.98 Å². The molecule has 1 saturated heterocycles. The van der Waals surface area contributed by atoms with Crippen LogP contribution in [-0.4, -0.2) is 26.7 Å². The van der Waals surface area contributed by atoms with Gasteiger partial charge in [0.2, 0.25) is 5.91 Å². The van der Waals surface area contributed by atoms with E-state index in [2.05, 4.69) is 27.6 Å². The number of carbonyl (C=O) groups excluding carboxylic acids is 1. The van der Waals surface area contributed by atoms with Crippen molar-refractivity contribution < 1.29 is 4.79 Å². The number of nitrogens with zero attached hydrogens (tertiary/aromatic N) is 3. The van der Waals surface area contributed by atoms with Crippen molar-refractivity contribution in [3.05, 3.63) is 34.0 Å². The lowest BCUT2D eigenvalue weighted by Crippen LogP contribution is -2.48. The van der Waals surface area contributed by atoms with Gasteiger partial charge in [0.15, 0.2) is 0 Å².